The van der Waals surface area contributed by atoms with Crippen molar-refractivity contribution in [1.82, 2.24) is 10.6 Å². The minimum Gasteiger partial charge on any atom is -0.359 e. The molecular weight excluding hydrogens is 323 g/mol. The largest absolute Gasteiger partial charge is 0.359 e. The van der Waals surface area contributed by atoms with Crippen LogP contribution in [0, 0.1) is 0 Å². The monoisotopic (exact) mass is 338 g/mol. The number of hydrogen-bond donors (Lipinski definition) is 2. The summed E-state index contributed by atoms with van der Waals surface area (Å²) in [5.41, 5.74) is 2.22. The Bertz CT molecular complexity index is 617. The summed E-state index contributed by atoms with van der Waals surface area (Å²) < 4.78 is 0. The number of halogens is 2. The van der Waals surface area contributed by atoms with E-state index in [4.69, 9.17) is 35.4 Å². The smallest absolute Gasteiger partial charge is 0.167 e. The lowest BCUT2D eigenvalue weighted by Gasteiger charge is -2.18. The molecule has 2 aromatic carbocycles. The van der Waals surface area contributed by atoms with E-state index in [0.717, 1.165) is 5.56 Å². The second kappa shape index (κ2) is 7.64. The summed E-state index contributed by atoms with van der Waals surface area (Å²) in [6.45, 7) is 2.72. The van der Waals surface area contributed by atoms with E-state index in [1.165, 1.54) is 5.56 Å². The maximum atomic E-state index is 6.03. The summed E-state index contributed by atoms with van der Waals surface area (Å²) >= 11 is 17.3. The summed E-state index contributed by atoms with van der Waals surface area (Å²) in [5, 5.41) is 8.13. The van der Waals surface area contributed by atoms with Gasteiger partial charge in [-0.15, -0.1) is 0 Å². The van der Waals surface area contributed by atoms with Gasteiger partial charge in [-0.3, -0.25) is 0 Å². The Morgan fingerprint density at radius 2 is 1.81 bits per heavy atom. The first-order valence-corrected chi connectivity index (χ1v) is 7.76. The zero-order chi connectivity index (χ0) is 15.2. The van der Waals surface area contributed by atoms with Crippen molar-refractivity contribution in [1.29, 1.82) is 0 Å². The van der Waals surface area contributed by atoms with Crippen molar-refractivity contribution in [2.45, 2.75) is 19.5 Å². The summed E-state index contributed by atoms with van der Waals surface area (Å²) in [5.74, 6) is 0. The van der Waals surface area contributed by atoms with Crippen LogP contribution in [0.1, 0.15) is 24.1 Å². The van der Waals surface area contributed by atoms with Crippen molar-refractivity contribution in [2.24, 2.45) is 0 Å². The van der Waals surface area contributed by atoms with Gasteiger partial charge in [0.15, 0.2) is 5.11 Å². The molecule has 0 unspecified atom stereocenters. The number of benzene rings is 2. The first-order chi connectivity index (χ1) is 10.1. The average molecular weight is 339 g/mol. The zero-order valence-corrected chi connectivity index (χ0v) is 13.9. The summed E-state index contributed by atoms with van der Waals surface area (Å²) in [6, 6.07) is 15.7. The standard InChI is InChI=1S/C16H16Cl2N2S/c1-11(13-7-8-14(17)15(18)9-13)20-16(21)19-10-12-5-3-2-4-6-12/h2-9,11H,10H2,1H3,(H2,19,20,21)/t11-/m0/s1. The molecule has 110 valence electrons. The fourth-order valence-corrected chi connectivity index (χ4v) is 2.45. The molecule has 2 rings (SSSR count). The van der Waals surface area contributed by atoms with Gasteiger partial charge in [0.05, 0.1) is 16.1 Å². The predicted molar refractivity (Wildman–Crippen MR) is 93.9 cm³/mol. The number of hydrogen-bond acceptors (Lipinski definition) is 1. The molecule has 0 aliphatic heterocycles. The number of rotatable bonds is 4. The Morgan fingerprint density at radius 1 is 1.10 bits per heavy atom. The lowest BCUT2D eigenvalue weighted by Crippen LogP contribution is -2.36. The van der Waals surface area contributed by atoms with Crippen LogP contribution in [-0.4, -0.2) is 5.11 Å². The molecule has 0 radical (unpaired) electrons. The minimum atomic E-state index is 0.0514. The SMILES string of the molecule is C[C@H](NC(=S)NCc1ccccc1)c1ccc(Cl)c(Cl)c1. The molecule has 0 heterocycles. The van der Waals surface area contributed by atoms with E-state index < -0.39 is 0 Å². The van der Waals surface area contributed by atoms with E-state index >= 15 is 0 Å². The minimum absolute atomic E-state index is 0.0514. The Balaban J connectivity index is 1.88. The summed E-state index contributed by atoms with van der Waals surface area (Å²) in [6.07, 6.45) is 0. The molecule has 0 amide bonds. The van der Waals surface area contributed by atoms with Crippen molar-refractivity contribution in [3.63, 3.8) is 0 Å². The van der Waals surface area contributed by atoms with Gasteiger partial charge < -0.3 is 10.6 Å². The van der Waals surface area contributed by atoms with Gasteiger partial charge >= 0.3 is 0 Å². The van der Waals surface area contributed by atoms with Crippen LogP contribution >= 0.6 is 35.4 Å². The fraction of sp³-hybridized carbons (Fsp3) is 0.188. The molecule has 2 aromatic rings. The third-order valence-corrected chi connectivity index (χ3v) is 4.09. The lowest BCUT2D eigenvalue weighted by atomic mass is 10.1. The molecule has 0 saturated carbocycles. The Hall–Kier alpha value is -1.29. The van der Waals surface area contributed by atoms with Crippen molar-refractivity contribution in [3.05, 3.63) is 69.7 Å². The van der Waals surface area contributed by atoms with Crippen molar-refractivity contribution in [3.8, 4) is 0 Å². The van der Waals surface area contributed by atoms with Gasteiger partial charge in [0, 0.05) is 6.54 Å². The second-order valence-electron chi connectivity index (χ2n) is 4.71. The van der Waals surface area contributed by atoms with Gasteiger partial charge in [-0.05, 0) is 42.4 Å². The van der Waals surface area contributed by atoms with Crippen LogP contribution in [0.2, 0.25) is 10.0 Å². The molecule has 2 N–H and O–H groups in total. The highest BCUT2D eigenvalue weighted by atomic mass is 35.5. The summed E-state index contributed by atoms with van der Waals surface area (Å²) in [7, 11) is 0. The molecule has 1 atom stereocenters. The van der Waals surface area contributed by atoms with Crippen LogP contribution in [-0.2, 0) is 6.54 Å². The van der Waals surface area contributed by atoms with Crippen molar-refractivity contribution in [2.75, 3.05) is 0 Å². The predicted octanol–water partition coefficient (Wildman–Crippen LogP) is 4.72. The molecule has 0 aliphatic carbocycles. The molecule has 0 saturated heterocycles. The molecule has 0 aromatic heterocycles. The van der Waals surface area contributed by atoms with E-state index in [2.05, 4.69) is 22.8 Å². The van der Waals surface area contributed by atoms with Crippen LogP contribution in [0.5, 0.6) is 0 Å². The highest BCUT2D eigenvalue weighted by Gasteiger charge is 2.08. The third kappa shape index (κ3) is 4.88. The van der Waals surface area contributed by atoms with Gasteiger partial charge in [-0.2, -0.15) is 0 Å². The van der Waals surface area contributed by atoms with Gasteiger partial charge in [0.25, 0.3) is 0 Å². The zero-order valence-electron chi connectivity index (χ0n) is 11.6. The third-order valence-electron chi connectivity index (χ3n) is 3.09. The Kier molecular flexibility index (Phi) is 5.85. The van der Waals surface area contributed by atoms with Crippen molar-refractivity contribution >= 4 is 40.5 Å². The molecule has 0 spiro atoms. The molecule has 2 nitrogen and oxygen atoms in total. The van der Waals surface area contributed by atoms with Gasteiger partial charge in [0.1, 0.15) is 0 Å². The summed E-state index contributed by atoms with van der Waals surface area (Å²) in [4.78, 5) is 0. The molecule has 21 heavy (non-hydrogen) atoms. The van der Waals surface area contributed by atoms with E-state index in [9.17, 15) is 0 Å². The Labute approximate surface area is 140 Å². The maximum Gasteiger partial charge on any atom is 0.167 e. The van der Waals surface area contributed by atoms with Crippen LogP contribution in [0.25, 0.3) is 0 Å². The van der Waals surface area contributed by atoms with Gasteiger partial charge in [-0.1, -0.05) is 59.6 Å². The van der Waals surface area contributed by atoms with Gasteiger partial charge in [-0.25, -0.2) is 0 Å². The molecule has 5 heteroatoms. The number of nitrogens with one attached hydrogen (secondary N) is 2. The molecule has 0 aliphatic rings. The second-order valence-corrected chi connectivity index (χ2v) is 5.93. The van der Waals surface area contributed by atoms with Crippen LogP contribution in [0.3, 0.4) is 0 Å². The van der Waals surface area contributed by atoms with Crippen molar-refractivity contribution < 1.29 is 0 Å². The first kappa shape index (κ1) is 16.1. The van der Waals surface area contributed by atoms with E-state index in [-0.39, 0.29) is 6.04 Å². The quantitative estimate of drug-likeness (QED) is 0.789. The highest BCUT2D eigenvalue weighted by Crippen LogP contribution is 2.25. The first-order valence-electron chi connectivity index (χ1n) is 6.59. The van der Waals surface area contributed by atoms with E-state index in [1.807, 2.05) is 37.3 Å². The fourth-order valence-electron chi connectivity index (χ4n) is 1.89. The lowest BCUT2D eigenvalue weighted by molar-refractivity contribution is 0.698. The average Bonchev–Trinajstić information content (AvgIpc) is 2.49. The van der Waals surface area contributed by atoms with Crippen LogP contribution in [0.4, 0.5) is 0 Å². The van der Waals surface area contributed by atoms with E-state index in [0.29, 0.717) is 21.7 Å². The van der Waals surface area contributed by atoms with E-state index in [1.54, 1.807) is 6.07 Å². The molecule has 0 bridgehead atoms. The maximum absolute atomic E-state index is 6.03. The highest BCUT2D eigenvalue weighted by molar-refractivity contribution is 7.80. The normalized spacial score (nSPS) is 11.8. The van der Waals surface area contributed by atoms with Crippen LogP contribution < -0.4 is 10.6 Å². The molecule has 0 fully saturated rings. The Morgan fingerprint density at radius 3 is 2.48 bits per heavy atom. The number of thiocarbonyl (C=S) groups is 1. The molecular formula is C16H16Cl2N2S. The topological polar surface area (TPSA) is 24.1 Å². The van der Waals surface area contributed by atoms with Crippen LogP contribution in [0.15, 0.2) is 48.5 Å². The van der Waals surface area contributed by atoms with Gasteiger partial charge in [0.2, 0.25) is 0 Å².